The highest BCUT2D eigenvalue weighted by Gasteiger charge is 2.30. The van der Waals surface area contributed by atoms with Gasteiger partial charge in [0.1, 0.15) is 8.80 Å². The van der Waals surface area contributed by atoms with E-state index in [9.17, 15) is 13.2 Å². The van der Waals surface area contributed by atoms with Gasteiger partial charge in [0.2, 0.25) is 0 Å². The Labute approximate surface area is 94.7 Å². The van der Waals surface area contributed by atoms with E-state index in [4.69, 9.17) is 0 Å². The number of benzene rings is 1. The molecule has 0 heterocycles. The van der Waals surface area contributed by atoms with Gasteiger partial charge in [-0.2, -0.15) is 13.2 Å². The molecule has 0 saturated carbocycles. The highest BCUT2D eigenvalue weighted by molar-refractivity contribution is 6.82. The van der Waals surface area contributed by atoms with Crippen molar-refractivity contribution >= 4 is 14.0 Å². The van der Waals surface area contributed by atoms with E-state index < -0.39 is 20.5 Å². The predicted molar refractivity (Wildman–Crippen MR) is 63.4 cm³/mol. The number of halogens is 3. The second-order valence-corrected chi connectivity index (χ2v) is 6.18. The fraction of sp³-hybridized carbons (Fsp3) is 0.167. The highest BCUT2D eigenvalue weighted by atomic mass is 28.3. The van der Waals surface area contributed by atoms with Gasteiger partial charge >= 0.3 is 6.18 Å². The molecule has 0 aromatic heterocycles. The molecular formula is C12H13F3Si. The van der Waals surface area contributed by atoms with E-state index in [1.165, 1.54) is 6.07 Å². The van der Waals surface area contributed by atoms with Crippen molar-refractivity contribution in [2.75, 3.05) is 0 Å². The number of hydrogen-bond donors (Lipinski definition) is 0. The summed E-state index contributed by atoms with van der Waals surface area (Å²) in [6.07, 6.45) is -4.28. The molecule has 1 aromatic rings. The SMILES string of the molecule is C=C[SiH](C=C)c1ccc(C(F)(F)F)cc1C. The third-order valence-electron chi connectivity index (χ3n) is 2.46. The zero-order valence-corrected chi connectivity index (χ0v) is 10.2. The van der Waals surface area contributed by atoms with Crippen LogP contribution in [0.4, 0.5) is 13.2 Å². The average molecular weight is 242 g/mol. The van der Waals surface area contributed by atoms with Crippen LogP contribution < -0.4 is 5.19 Å². The lowest BCUT2D eigenvalue weighted by Crippen LogP contribution is -2.29. The lowest BCUT2D eigenvalue weighted by atomic mass is 10.1. The summed E-state index contributed by atoms with van der Waals surface area (Å²) < 4.78 is 37.3. The number of hydrogen-bond acceptors (Lipinski definition) is 0. The summed E-state index contributed by atoms with van der Waals surface area (Å²) in [6, 6.07) is 3.84. The molecule has 0 fully saturated rings. The number of aryl methyl sites for hydroxylation is 1. The third kappa shape index (κ3) is 2.64. The Morgan fingerprint density at radius 1 is 1.19 bits per heavy atom. The van der Waals surface area contributed by atoms with Gasteiger partial charge in [0.15, 0.2) is 0 Å². The maximum absolute atomic E-state index is 12.4. The van der Waals surface area contributed by atoms with Crippen LogP contribution in [0.25, 0.3) is 0 Å². The predicted octanol–water partition coefficient (Wildman–Crippen LogP) is 2.90. The molecule has 4 heteroatoms. The number of rotatable bonds is 3. The largest absolute Gasteiger partial charge is 0.416 e. The Hall–Kier alpha value is -1.29. The second-order valence-electron chi connectivity index (χ2n) is 3.57. The van der Waals surface area contributed by atoms with Crippen LogP contribution in [0.1, 0.15) is 11.1 Å². The minimum absolute atomic E-state index is 0.602. The maximum atomic E-state index is 12.4. The molecule has 0 unspecified atom stereocenters. The van der Waals surface area contributed by atoms with Crippen molar-refractivity contribution < 1.29 is 13.2 Å². The summed E-state index contributed by atoms with van der Waals surface area (Å²) in [5.74, 6) is 0. The molecule has 0 atom stereocenters. The van der Waals surface area contributed by atoms with Crippen molar-refractivity contribution in [2.24, 2.45) is 0 Å². The smallest absolute Gasteiger partial charge is 0.166 e. The Morgan fingerprint density at radius 3 is 2.12 bits per heavy atom. The van der Waals surface area contributed by atoms with E-state index in [0.717, 1.165) is 11.3 Å². The van der Waals surface area contributed by atoms with Crippen molar-refractivity contribution in [1.29, 1.82) is 0 Å². The summed E-state index contributed by atoms with van der Waals surface area (Å²) in [4.78, 5) is 0. The van der Waals surface area contributed by atoms with Crippen LogP contribution in [-0.4, -0.2) is 8.80 Å². The van der Waals surface area contributed by atoms with Crippen LogP contribution in [0.15, 0.2) is 42.8 Å². The highest BCUT2D eigenvalue weighted by Crippen LogP contribution is 2.29. The first kappa shape index (κ1) is 12.8. The van der Waals surface area contributed by atoms with Gasteiger partial charge in [-0.15, -0.1) is 13.2 Å². The minimum Gasteiger partial charge on any atom is -0.166 e. The lowest BCUT2D eigenvalue weighted by Gasteiger charge is -2.13. The Bertz CT molecular complexity index is 399. The van der Waals surface area contributed by atoms with Crippen LogP contribution in [0, 0.1) is 6.92 Å². The van der Waals surface area contributed by atoms with Crippen molar-refractivity contribution in [2.45, 2.75) is 13.1 Å². The topological polar surface area (TPSA) is 0 Å². The van der Waals surface area contributed by atoms with Gasteiger partial charge in [-0.3, -0.25) is 0 Å². The molecule has 0 bridgehead atoms. The van der Waals surface area contributed by atoms with Crippen LogP contribution >= 0.6 is 0 Å². The molecule has 0 aliphatic heterocycles. The van der Waals surface area contributed by atoms with Crippen LogP contribution in [0.5, 0.6) is 0 Å². The molecule has 0 aliphatic carbocycles. The molecule has 0 amide bonds. The molecule has 0 nitrogen and oxygen atoms in total. The average Bonchev–Trinajstić information content (AvgIpc) is 2.20. The van der Waals surface area contributed by atoms with Crippen LogP contribution in [-0.2, 0) is 6.18 Å². The zero-order chi connectivity index (χ0) is 12.3. The molecular weight excluding hydrogens is 229 g/mol. The van der Waals surface area contributed by atoms with Gasteiger partial charge in [-0.25, -0.2) is 0 Å². The summed E-state index contributed by atoms with van der Waals surface area (Å²) in [6.45, 7) is 9.07. The number of alkyl halides is 3. The van der Waals surface area contributed by atoms with E-state index in [2.05, 4.69) is 13.2 Å². The van der Waals surface area contributed by atoms with Crippen molar-refractivity contribution in [3.8, 4) is 0 Å². The van der Waals surface area contributed by atoms with Crippen molar-refractivity contribution in [1.82, 2.24) is 0 Å². The Kier molecular flexibility index (Phi) is 3.75. The minimum atomic E-state index is -4.28. The van der Waals surface area contributed by atoms with Crippen molar-refractivity contribution in [3.63, 3.8) is 0 Å². The summed E-state index contributed by atoms with van der Waals surface area (Å²) >= 11 is 0. The lowest BCUT2D eigenvalue weighted by molar-refractivity contribution is -0.137. The van der Waals surface area contributed by atoms with Gasteiger partial charge in [0, 0.05) is 0 Å². The van der Waals surface area contributed by atoms with E-state index in [-0.39, 0.29) is 0 Å². The Balaban J connectivity index is 3.19. The monoisotopic (exact) mass is 242 g/mol. The van der Waals surface area contributed by atoms with E-state index in [1.54, 1.807) is 24.4 Å². The second kappa shape index (κ2) is 4.70. The third-order valence-corrected chi connectivity index (χ3v) is 4.85. The first-order valence-electron chi connectivity index (χ1n) is 4.83. The summed E-state index contributed by atoms with van der Waals surface area (Å²) in [5, 5.41) is 0.943. The van der Waals surface area contributed by atoms with Crippen LogP contribution in [0.3, 0.4) is 0 Å². The molecule has 1 rings (SSSR count). The first-order chi connectivity index (χ1) is 7.40. The standard InChI is InChI=1S/C12H13F3Si/c1-4-16(5-2)11-7-6-10(8-9(11)3)12(13,14)15/h4-8,16H,1-2H2,3H3. The van der Waals surface area contributed by atoms with E-state index >= 15 is 0 Å². The van der Waals surface area contributed by atoms with Gasteiger partial charge in [-0.1, -0.05) is 34.3 Å². The normalized spacial score (nSPS) is 11.6. The fourth-order valence-electron chi connectivity index (χ4n) is 1.58. The Morgan fingerprint density at radius 2 is 1.75 bits per heavy atom. The molecule has 1 aromatic carbocycles. The fourth-order valence-corrected chi connectivity index (χ4v) is 3.20. The molecule has 16 heavy (non-hydrogen) atoms. The molecule has 0 spiro atoms. The maximum Gasteiger partial charge on any atom is 0.416 e. The molecule has 0 aliphatic rings. The quantitative estimate of drug-likeness (QED) is 0.715. The zero-order valence-electron chi connectivity index (χ0n) is 9.01. The first-order valence-corrected chi connectivity index (χ1v) is 6.74. The summed E-state index contributed by atoms with van der Waals surface area (Å²) in [7, 11) is -1.50. The van der Waals surface area contributed by atoms with Gasteiger partial charge in [0.25, 0.3) is 0 Å². The summed E-state index contributed by atoms with van der Waals surface area (Å²) in [5.41, 5.74) is 3.64. The molecule has 86 valence electrons. The van der Waals surface area contributed by atoms with Crippen molar-refractivity contribution in [3.05, 3.63) is 53.9 Å². The van der Waals surface area contributed by atoms with Gasteiger partial charge in [-0.05, 0) is 13.0 Å². The van der Waals surface area contributed by atoms with E-state index in [1.807, 2.05) is 0 Å². The molecule has 0 radical (unpaired) electrons. The van der Waals surface area contributed by atoms with Gasteiger partial charge in [0.05, 0.1) is 5.56 Å². The van der Waals surface area contributed by atoms with E-state index in [0.29, 0.717) is 5.56 Å². The molecule has 0 saturated heterocycles. The van der Waals surface area contributed by atoms with Crippen LogP contribution in [0.2, 0.25) is 0 Å². The van der Waals surface area contributed by atoms with Gasteiger partial charge < -0.3 is 0 Å². The molecule has 0 N–H and O–H groups in total.